The van der Waals surface area contributed by atoms with Crippen LogP contribution in [0, 0.1) is 0 Å². The third-order valence-electron chi connectivity index (χ3n) is 2.53. The molecule has 0 atom stereocenters. The van der Waals surface area contributed by atoms with Crippen LogP contribution in [0.1, 0.15) is 5.56 Å². The zero-order valence-corrected chi connectivity index (χ0v) is 10.1. The van der Waals surface area contributed by atoms with Gasteiger partial charge in [0.25, 0.3) is 5.56 Å². The second-order valence-corrected chi connectivity index (χ2v) is 3.82. The van der Waals surface area contributed by atoms with Crippen LogP contribution in [0.25, 0.3) is 0 Å². The second kappa shape index (κ2) is 5.86. The molecule has 0 saturated heterocycles. The van der Waals surface area contributed by atoms with Gasteiger partial charge in [0.1, 0.15) is 11.6 Å². The molecule has 0 aliphatic heterocycles. The fourth-order valence-corrected chi connectivity index (χ4v) is 1.63. The smallest absolute Gasteiger partial charge is 0.252 e. The number of anilines is 1. The molecule has 5 heteroatoms. The fourth-order valence-electron chi connectivity index (χ4n) is 1.63. The van der Waals surface area contributed by atoms with E-state index in [1.165, 1.54) is 18.0 Å². The van der Waals surface area contributed by atoms with Crippen LogP contribution in [0.3, 0.4) is 0 Å². The van der Waals surface area contributed by atoms with E-state index >= 15 is 0 Å². The Morgan fingerprint density at radius 2 is 2.28 bits per heavy atom. The molecule has 0 bridgehead atoms. The molecule has 18 heavy (non-hydrogen) atoms. The standard InChI is InChI=1S/C13H15N3O2/c1-18-11-4-2-3-10(7-11)5-6-14-12-8-13(17)16-9-15-12/h2-4,7-9H,5-6H2,1H3,(H2,14,15,16,17). The quantitative estimate of drug-likeness (QED) is 0.836. The summed E-state index contributed by atoms with van der Waals surface area (Å²) in [6.07, 6.45) is 2.22. The summed E-state index contributed by atoms with van der Waals surface area (Å²) in [5, 5.41) is 3.10. The molecule has 0 aliphatic rings. The van der Waals surface area contributed by atoms with E-state index < -0.39 is 0 Å². The molecule has 1 aromatic heterocycles. The van der Waals surface area contributed by atoms with Gasteiger partial charge in [-0.15, -0.1) is 0 Å². The third kappa shape index (κ3) is 3.35. The van der Waals surface area contributed by atoms with Gasteiger partial charge < -0.3 is 15.0 Å². The summed E-state index contributed by atoms with van der Waals surface area (Å²) in [6, 6.07) is 9.34. The molecule has 0 radical (unpaired) electrons. The number of hydrogen-bond donors (Lipinski definition) is 2. The van der Waals surface area contributed by atoms with Crippen LogP contribution < -0.4 is 15.6 Å². The van der Waals surface area contributed by atoms with Gasteiger partial charge in [0.2, 0.25) is 0 Å². The summed E-state index contributed by atoms with van der Waals surface area (Å²) in [5.41, 5.74) is 1.01. The van der Waals surface area contributed by atoms with Crippen LogP contribution >= 0.6 is 0 Å². The maximum absolute atomic E-state index is 11.1. The average Bonchev–Trinajstić information content (AvgIpc) is 2.39. The molecule has 0 unspecified atom stereocenters. The summed E-state index contributed by atoms with van der Waals surface area (Å²) in [4.78, 5) is 17.5. The maximum Gasteiger partial charge on any atom is 0.252 e. The van der Waals surface area contributed by atoms with E-state index in [1.807, 2.05) is 24.3 Å². The number of nitrogens with one attached hydrogen (secondary N) is 2. The Labute approximate surface area is 105 Å². The lowest BCUT2D eigenvalue weighted by molar-refractivity contribution is 0.414. The number of rotatable bonds is 5. The number of hydrogen-bond acceptors (Lipinski definition) is 4. The van der Waals surface area contributed by atoms with Crippen molar-refractivity contribution in [3.8, 4) is 5.75 Å². The van der Waals surface area contributed by atoms with Gasteiger partial charge in [0, 0.05) is 12.6 Å². The Morgan fingerprint density at radius 1 is 1.39 bits per heavy atom. The molecular formula is C13H15N3O2. The Morgan fingerprint density at radius 3 is 3.06 bits per heavy atom. The third-order valence-corrected chi connectivity index (χ3v) is 2.53. The van der Waals surface area contributed by atoms with Crippen molar-refractivity contribution in [3.63, 3.8) is 0 Å². The molecule has 0 saturated carbocycles. The molecule has 0 amide bonds. The lowest BCUT2D eigenvalue weighted by atomic mass is 10.1. The molecule has 0 spiro atoms. The predicted molar refractivity (Wildman–Crippen MR) is 70.0 cm³/mol. The van der Waals surface area contributed by atoms with Gasteiger partial charge in [-0.2, -0.15) is 0 Å². The van der Waals surface area contributed by atoms with Crippen molar-refractivity contribution < 1.29 is 4.74 Å². The highest BCUT2D eigenvalue weighted by Gasteiger charge is 1.97. The molecular weight excluding hydrogens is 230 g/mol. The molecule has 1 heterocycles. The minimum atomic E-state index is -0.158. The fraction of sp³-hybridized carbons (Fsp3) is 0.231. The summed E-state index contributed by atoms with van der Waals surface area (Å²) in [5.74, 6) is 1.43. The van der Waals surface area contributed by atoms with Gasteiger partial charge in [0.15, 0.2) is 0 Å². The van der Waals surface area contributed by atoms with E-state index in [9.17, 15) is 4.79 Å². The first kappa shape index (κ1) is 12.2. The summed E-state index contributed by atoms with van der Waals surface area (Å²) < 4.78 is 5.16. The monoisotopic (exact) mass is 245 g/mol. The van der Waals surface area contributed by atoms with E-state index in [0.29, 0.717) is 12.4 Å². The topological polar surface area (TPSA) is 67.0 Å². The molecule has 0 aliphatic carbocycles. The van der Waals surface area contributed by atoms with Crippen molar-refractivity contribution in [1.82, 2.24) is 9.97 Å². The normalized spacial score (nSPS) is 10.1. The van der Waals surface area contributed by atoms with Crippen molar-refractivity contribution in [1.29, 1.82) is 0 Å². The molecule has 2 aromatic rings. The SMILES string of the molecule is COc1cccc(CCNc2cc(=O)[nH]cn2)c1. The lowest BCUT2D eigenvalue weighted by Gasteiger charge is -2.06. The number of benzene rings is 1. The molecule has 2 rings (SSSR count). The van der Waals surface area contributed by atoms with Crippen molar-refractivity contribution in [2.45, 2.75) is 6.42 Å². The van der Waals surface area contributed by atoms with Gasteiger partial charge in [-0.3, -0.25) is 4.79 Å². The average molecular weight is 245 g/mol. The second-order valence-electron chi connectivity index (χ2n) is 3.82. The van der Waals surface area contributed by atoms with Crippen molar-refractivity contribution in [2.75, 3.05) is 19.0 Å². The molecule has 1 aromatic carbocycles. The number of aromatic nitrogens is 2. The zero-order valence-electron chi connectivity index (χ0n) is 10.1. The molecule has 94 valence electrons. The molecule has 5 nitrogen and oxygen atoms in total. The largest absolute Gasteiger partial charge is 0.497 e. The predicted octanol–water partition coefficient (Wildman–Crippen LogP) is 1.43. The summed E-state index contributed by atoms with van der Waals surface area (Å²) >= 11 is 0. The molecule has 0 fully saturated rings. The van der Waals surface area contributed by atoms with E-state index in [2.05, 4.69) is 15.3 Å². The highest BCUT2D eigenvalue weighted by Crippen LogP contribution is 2.12. The first-order valence-corrected chi connectivity index (χ1v) is 5.69. The lowest BCUT2D eigenvalue weighted by Crippen LogP contribution is -2.11. The van der Waals surface area contributed by atoms with Gasteiger partial charge in [-0.25, -0.2) is 4.98 Å². The Balaban J connectivity index is 1.90. The Bertz CT molecular complexity index is 566. The van der Waals surface area contributed by atoms with Gasteiger partial charge in [-0.05, 0) is 24.1 Å². The van der Waals surface area contributed by atoms with Crippen LogP contribution in [0.5, 0.6) is 5.75 Å². The van der Waals surface area contributed by atoms with Crippen molar-refractivity contribution >= 4 is 5.82 Å². The highest BCUT2D eigenvalue weighted by molar-refractivity contribution is 5.33. The Kier molecular flexibility index (Phi) is 3.96. The van der Waals surface area contributed by atoms with Crippen LogP contribution in [0.2, 0.25) is 0 Å². The Hall–Kier alpha value is -2.30. The number of H-pyrrole nitrogens is 1. The van der Waals surface area contributed by atoms with Crippen LogP contribution in [-0.4, -0.2) is 23.6 Å². The van der Waals surface area contributed by atoms with Crippen molar-refractivity contribution in [3.05, 3.63) is 52.6 Å². The van der Waals surface area contributed by atoms with Crippen molar-refractivity contribution in [2.24, 2.45) is 0 Å². The van der Waals surface area contributed by atoms with E-state index in [-0.39, 0.29) is 5.56 Å². The van der Waals surface area contributed by atoms with Crippen LogP contribution in [0.4, 0.5) is 5.82 Å². The van der Waals surface area contributed by atoms with Crippen LogP contribution in [-0.2, 0) is 6.42 Å². The zero-order chi connectivity index (χ0) is 12.8. The van der Waals surface area contributed by atoms with E-state index in [0.717, 1.165) is 12.2 Å². The summed E-state index contributed by atoms with van der Waals surface area (Å²) in [7, 11) is 1.65. The maximum atomic E-state index is 11.1. The number of aromatic amines is 1. The number of methoxy groups -OCH3 is 1. The van der Waals surface area contributed by atoms with E-state index in [1.54, 1.807) is 7.11 Å². The van der Waals surface area contributed by atoms with Gasteiger partial charge >= 0.3 is 0 Å². The summed E-state index contributed by atoms with van der Waals surface area (Å²) in [6.45, 7) is 0.712. The first-order chi connectivity index (χ1) is 8.78. The minimum Gasteiger partial charge on any atom is -0.497 e. The van der Waals surface area contributed by atoms with Crippen LogP contribution in [0.15, 0.2) is 41.5 Å². The van der Waals surface area contributed by atoms with E-state index in [4.69, 9.17) is 4.74 Å². The highest BCUT2D eigenvalue weighted by atomic mass is 16.5. The number of nitrogens with zero attached hydrogens (tertiary/aromatic N) is 1. The first-order valence-electron chi connectivity index (χ1n) is 5.69. The molecule has 2 N–H and O–H groups in total. The minimum absolute atomic E-state index is 0.158. The van der Waals surface area contributed by atoms with Gasteiger partial charge in [0.05, 0.1) is 13.4 Å². The number of ether oxygens (including phenoxy) is 1. The van der Waals surface area contributed by atoms with Gasteiger partial charge in [-0.1, -0.05) is 12.1 Å².